The van der Waals surface area contributed by atoms with Crippen LogP contribution in [0.25, 0.3) is 10.9 Å². The van der Waals surface area contributed by atoms with E-state index in [9.17, 15) is 19.1 Å². The minimum Gasteiger partial charge on any atom is -0.464 e. The SMILES string of the molecule is CON(C)C(=O)c1cc(Oc2ccc3c(cc(C)n3C(=O)O)c2F)ccn1. The second-order valence-electron chi connectivity index (χ2n) is 5.68. The minimum atomic E-state index is -1.20. The molecule has 140 valence electrons. The van der Waals surface area contributed by atoms with Gasteiger partial charge in [0.05, 0.1) is 12.6 Å². The summed E-state index contributed by atoms with van der Waals surface area (Å²) in [5.41, 5.74) is 0.663. The summed E-state index contributed by atoms with van der Waals surface area (Å²) in [5.74, 6) is -1.09. The number of hydrogen-bond acceptors (Lipinski definition) is 5. The van der Waals surface area contributed by atoms with Gasteiger partial charge >= 0.3 is 6.09 Å². The van der Waals surface area contributed by atoms with Crippen LogP contribution < -0.4 is 4.74 Å². The lowest BCUT2D eigenvalue weighted by molar-refractivity contribution is -0.0760. The van der Waals surface area contributed by atoms with Crippen molar-refractivity contribution in [3.05, 3.63) is 53.7 Å². The monoisotopic (exact) mass is 373 g/mol. The molecule has 0 bridgehead atoms. The van der Waals surface area contributed by atoms with Crippen molar-refractivity contribution in [1.29, 1.82) is 0 Å². The third-order valence-corrected chi connectivity index (χ3v) is 4.00. The molecule has 2 aromatic heterocycles. The molecule has 0 atom stereocenters. The highest BCUT2D eigenvalue weighted by Gasteiger charge is 2.18. The van der Waals surface area contributed by atoms with Gasteiger partial charge in [0.2, 0.25) is 0 Å². The molecule has 0 fully saturated rings. The van der Waals surface area contributed by atoms with E-state index in [1.54, 1.807) is 6.92 Å². The molecule has 0 saturated heterocycles. The van der Waals surface area contributed by atoms with Crippen LogP contribution in [0.1, 0.15) is 16.2 Å². The maximum Gasteiger partial charge on any atom is 0.416 e. The highest BCUT2D eigenvalue weighted by atomic mass is 19.1. The zero-order valence-corrected chi connectivity index (χ0v) is 14.8. The highest BCUT2D eigenvalue weighted by Crippen LogP contribution is 2.32. The van der Waals surface area contributed by atoms with Crippen LogP contribution in [0.15, 0.2) is 36.5 Å². The molecule has 0 spiro atoms. The van der Waals surface area contributed by atoms with Crippen LogP contribution in [0, 0.1) is 12.7 Å². The molecule has 0 radical (unpaired) electrons. The second kappa shape index (κ2) is 7.04. The van der Waals surface area contributed by atoms with Crippen LogP contribution >= 0.6 is 0 Å². The number of carboxylic acid groups (broad SMARTS) is 1. The molecule has 8 nitrogen and oxygen atoms in total. The molecule has 0 aliphatic rings. The van der Waals surface area contributed by atoms with Gasteiger partial charge in [-0.2, -0.15) is 0 Å². The molecule has 1 aromatic carbocycles. The summed E-state index contributed by atoms with van der Waals surface area (Å²) < 4.78 is 21.4. The van der Waals surface area contributed by atoms with E-state index in [0.717, 1.165) is 9.63 Å². The molecule has 1 N–H and O–H groups in total. The Kier molecular flexibility index (Phi) is 4.78. The van der Waals surface area contributed by atoms with Gasteiger partial charge in [-0.15, -0.1) is 0 Å². The molecule has 27 heavy (non-hydrogen) atoms. The number of halogens is 1. The number of rotatable bonds is 4. The normalized spacial score (nSPS) is 10.8. The van der Waals surface area contributed by atoms with E-state index in [1.165, 1.54) is 50.7 Å². The lowest BCUT2D eigenvalue weighted by Gasteiger charge is -2.13. The molecule has 3 rings (SSSR count). The Morgan fingerprint density at radius 1 is 1.26 bits per heavy atom. The van der Waals surface area contributed by atoms with Crippen molar-refractivity contribution < 1.29 is 28.7 Å². The molecule has 1 amide bonds. The van der Waals surface area contributed by atoms with E-state index < -0.39 is 17.8 Å². The Morgan fingerprint density at radius 2 is 2.00 bits per heavy atom. The number of ether oxygens (including phenoxy) is 1. The fourth-order valence-corrected chi connectivity index (χ4v) is 2.65. The maximum absolute atomic E-state index is 14.8. The molecule has 0 unspecified atom stereocenters. The summed E-state index contributed by atoms with van der Waals surface area (Å²) in [6, 6.07) is 7.05. The quantitative estimate of drug-likeness (QED) is 0.704. The topological polar surface area (TPSA) is 93.9 Å². The number of carbonyl (C=O) groups is 2. The fourth-order valence-electron chi connectivity index (χ4n) is 2.65. The van der Waals surface area contributed by atoms with E-state index in [2.05, 4.69) is 4.98 Å². The Labute approximate surface area is 153 Å². The number of nitrogens with zero attached hydrogens (tertiary/aromatic N) is 3. The molecule has 0 saturated carbocycles. The van der Waals surface area contributed by atoms with E-state index in [4.69, 9.17) is 9.57 Å². The van der Waals surface area contributed by atoms with Crippen molar-refractivity contribution >= 4 is 22.9 Å². The van der Waals surface area contributed by atoms with Crippen LogP contribution in [-0.2, 0) is 4.84 Å². The number of hydrogen-bond donors (Lipinski definition) is 1. The molecule has 0 aliphatic heterocycles. The number of carbonyl (C=O) groups excluding carboxylic acids is 1. The summed E-state index contributed by atoms with van der Waals surface area (Å²) in [6.07, 6.45) is 0.156. The van der Waals surface area contributed by atoms with Crippen molar-refractivity contribution in [2.45, 2.75) is 6.92 Å². The van der Waals surface area contributed by atoms with Crippen molar-refractivity contribution in [2.24, 2.45) is 0 Å². The van der Waals surface area contributed by atoms with Crippen LogP contribution in [0.4, 0.5) is 9.18 Å². The van der Waals surface area contributed by atoms with Gasteiger partial charge in [-0.3, -0.25) is 14.6 Å². The molecule has 0 aliphatic carbocycles. The molecular formula is C18H16FN3O5. The van der Waals surface area contributed by atoms with Crippen LogP contribution in [0.2, 0.25) is 0 Å². The van der Waals surface area contributed by atoms with E-state index in [1.807, 2.05) is 0 Å². The summed E-state index contributed by atoms with van der Waals surface area (Å²) in [5, 5.41) is 10.4. The third kappa shape index (κ3) is 3.32. The van der Waals surface area contributed by atoms with Crippen LogP contribution in [0.5, 0.6) is 11.5 Å². The van der Waals surface area contributed by atoms with Gasteiger partial charge < -0.3 is 9.84 Å². The molecule has 9 heteroatoms. The predicted molar refractivity (Wildman–Crippen MR) is 93.5 cm³/mol. The van der Waals surface area contributed by atoms with Crippen molar-refractivity contribution in [3.8, 4) is 11.5 Å². The van der Waals surface area contributed by atoms with Gasteiger partial charge in [-0.1, -0.05) is 0 Å². The Balaban J connectivity index is 1.97. The minimum absolute atomic E-state index is 0.0613. The number of fused-ring (bicyclic) bond motifs is 1. The average molecular weight is 373 g/mol. The summed E-state index contributed by atoms with van der Waals surface area (Å²) in [4.78, 5) is 32.2. The molecule has 2 heterocycles. The van der Waals surface area contributed by atoms with Gasteiger partial charge in [-0.25, -0.2) is 18.8 Å². The first-order valence-electron chi connectivity index (χ1n) is 7.83. The lowest BCUT2D eigenvalue weighted by Crippen LogP contribution is -2.26. The fraction of sp³-hybridized carbons (Fsp3) is 0.167. The average Bonchev–Trinajstić information content (AvgIpc) is 3.00. The van der Waals surface area contributed by atoms with Gasteiger partial charge in [0.1, 0.15) is 11.4 Å². The number of aromatic nitrogens is 2. The maximum atomic E-state index is 14.8. The second-order valence-corrected chi connectivity index (χ2v) is 5.68. The molecular weight excluding hydrogens is 357 g/mol. The predicted octanol–water partition coefficient (Wildman–Crippen LogP) is 3.44. The number of pyridine rings is 1. The lowest BCUT2D eigenvalue weighted by atomic mass is 10.2. The van der Waals surface area contributed by atoms with Crippen molar-refractivity contribution in [3.63, 3.8) is 0 Å². The zero-order chi connectivity index (χ0) is 19.7. The first kappa shape index (κ1) is 18.3. The molecule has 3 aromatic rings. The van der Waals surface area contributed by atoms with Crippen LogP contribution in [0.3, 0.4) is 0 Å². The van der Waals surface area contributed by atoms with Crippen LogP contribution in [-0.4, -0.2) is 45.9 Å². The van der Waals surface area contributed by atoms with E-state index in [-0.39, 0.29) is 28.1 Å². The standard InChI is InChI=1S/C18H16FN3O5/c1-10-8-12-14(22(10)18(24)25)4-5-15(16(12)19)27-11-6-7-20-13(9-11)17(23)21(2)26-3/h4-9H,1-3H3,(H,24,25). The Morgan fingerprint density at radius 3 is 2.67 bits per heavy atom. The number of hydroxylamine groups is 2. The summed E-state index contributed by atoms with van der Waals surface area (Å²) in [6.45, 7) is 1.57. The number of benzene rings is 1. The highest BCUT2D eigenvalue weighted by molar-refractivity contribution is 5.92. The summed E-state index contributed by atoms with van der Waals surface area (Å²) in [7, 11) is 2.77. The van der Waals surface area contributed by atoms with Gasteiger partial charge in [-0.05, 0) is 31.2 Å². The first-order chi connectivity index (χ1) is 12.8. The van der Waals surface area contributed by atoms with Gasteiger partial charge in [0.15, 0.2) is 11.6 Å². The summed E-state index contributed by atoms with van der Waals surface area (Å²) >= 11 is 0. The Hall–Kier alpha value is -3.46. The van der Waals surface area contributed by atoms with E-state index >= 15 is 0 Å². The smallest absolute Gasteiger partial charge is 0.416 e. The van der Waals surface area contributed by atoms with Crippen molar-refractivity contribution in [2.75, 3.05) is 14.2 Å². The Bertz CT molecular complexity index is 1050. The van der Waals surface area contributed by atoms with Gasteiger partial charge in [0, 0.05) is 30.4 Å². The van der Waals surface area contributed by atoms with E-state index in [0.29, 0.717) is 5.69 Å². The van der Waals surface area contributed by atoms with Gasteiger partial charge in [0.25, 0.3) is 5.91 Å². The van der Waals surface area contributed by atoms with Crippen molar-refractivity contribution in [1.82, 2.24) is 14.6 Å². The third-order valence-electron chi connectivity index (χ3n) is 4.00. The largest absolute Gasteiger partial charge is 0.464 e. The first-order valence-corrected chi connectivity index (χ1v) is 7.83. The zero-order valence-electron chi connectivity index (χ0n) is 14.8. The number of aryl methyl sites for hydroxylation is 1. The number of amides is 1.